The average Bonchev–Trinajstić information content (AvgIpc) is 3.41. The highest BCUT2D eigenvalue weighted by Crippen LogP contribution is 2.41. The molecule has 1 saturated carbocycles. The molecule has 27 heavy (non-hydrogen) atoms. The Bertz CT molecular complexity index is 699. The van der Waals surface area contributed by atoms with E-state index in [4.69, 9.17) is 0 Å². The molecule has 2 saturated heterocycles. The molecule has 2 heterocycles. The van der Waals surface area contributed by atoms with Gasteiger partial charge >= 0.3 is 0 Å². The molecule has 0 bridgehead atoms. The lowest BCUT2D eigenvalue weighted by Crippen LogP contribution is -2.64. The van der Waals surface area contributed by atoms with E-state index >= 15 is 0 Å². The monoisotopic (exact) mass is 366 g/mol. The minimum atomic E-state index is -0.0106. The molecule has 5 nitrogen and oxygen atoms in total. The maximum Gasteiger partial charge on any atom is 0.219 e. The molecule has 2 aliphatic heterocycles. The molecule has 1 amide bonds. The molecule has 3 aliphatic rings. The molecule has 1 aromatic rings. The van der Waals surface area contributed by atoms with Crippen LogP contribution in [-0.4, -0.2) is 60.0 Å². The number of piperidine rings is 1. The molecule has 1 aliphatic carbocycles. The number of hydrogen-bond acceptors (Lipinski definition) is 4. The topological polar surface area (TPSA) is 59.4 Å². The van der Waals surface area contributed by atoms with Gasteiger partial charge in [0.05, 0.1) is 12.5 Å². The Balaban J connectivity index is 1.23. The van der Waals surface area contributed by atoms with Gasteiger partial charge in [0.25, 0.3) is 0 Å². The van der Waals surface area contributed by atoms with Crippen LogP contribution < -0.4 is 5.32 Å². The Hall–Kier alpha value is -1.90. The smallest absolute Gasteiger partial charge is 0.219 e. The van der Waals surface area contributed by atoms with Crippen LogP contribution in [0, 0.1) is 17.2 Å². The normalized spacial score (nSPS) is 27.6. The van der Waals surface area contributed by atoms with E-state index in [9.17, 15) is 10.1 Å². The van der Waals surface area contributed by atoms with Gasteiger partial charge in [0.15, 0.2) is 0 Å². The summed E-state index contributed by atoms with van der Waals surface area (Å²) in [7, 11) is 0. The number of carbonyl (C=O) groups is 1. The van der Waals surface area contributed by atoms with Crippen LogP contribution in [0.4, 0.5) is 0 Å². The highest BCUT2D eigenvalue weighted by Gasteiger charge is 2.46. The number of hydrogen-bond donors (Lipinski definition) is 1. The van der Waals surface area contributed by atoms with Crippen LogP contribution in [0.3, 0.4) is 0 Å². The molecule has 0 radical (unpaired) electrons. The summed E-state index contributed by atoms with van der Waals surface area (Å²) in [5.41, 5.74) is 1.44. The predicted molar refractivity (Wildman–Crippen MR) is 105 cm³/mol. The zero-order valence-electron chi connectivity index (χ0n) is 16.2. The summed E-state index contributed by atoms with van der Waals surface area (Å²) < 4.78 is 0. The van der Waals surface area contributed by atoms with Crippen LogP contribution in [0.25, 0.3) is 0 Å². The lowest BCUT2D eigenvalue weighted by atomic mass is 9.79. The molecule has 4 rings (SSSR count). The van der Waals surface area contributed by atoms with Gasteiger partial charge in [0.2, 0.25) is 5.91 Å². The van der Waals surface area contributed by atoms with E-state index in [2.05, 4.69) is 46.6 Å². The van der Waals surface area contributed by atoms with Crippen molar-refractivity contribution in [3.63, 3.8) is 0 Å². The van der Waals surface area contributed by atoms with Crippen molar-refractivity contribution >= 4 is 5.91 Å². The van der Waals surface area contributed by atoms with Crippen molar-refractivity contribution in [3.05, 3.63) is 35.9 Å². The Morgan fingerprint density at radius 2 is 1.96 bits per heavy atom. The zero-order valence-corrected chi connectivity index (χ0v) is 16.2. The number of nitrogens with one attached hydrogen (secondary N) is 1. The second-order valence-electron chi connectivity index (χ2n) is 8.60. The van der Waals surface area contributed by atoms with E-state index in [-0.39, 0.29) is 11.4 Å². The third kappa shape index (κ3) is 3.88. The summed E-state index contributed by atoms with van der Waals surface area (Å²) in [6.45, 7) is 6.46. The molecule has 1 aromatic carbocycles. The number of likely N-dealkylation sites (tertiary alicyclic amines) is 2. The largest absolute Gasteiger partial charge is 0.343 e. The van der Waals surface area contributed by atoms with Crippen molar-refractivity contribution < 1.29 is 4.79 Å². The van der Waals surface area contributed by atoms with Gasteiger partial charge in [-0.15, -0.1) is 0 Å². The molecule has 5 heteroatoms. The van der Waals surface area contributed by atoms with Crippen molar-refractivity contribution in [1.82, 2.24) is 15.1 Å². The van der Waals surface area contributed by atoms with Gasteiger partial charge in [-0.1, -0.05) is 30.3 Å². The maximum atomic E-state index is 11.6. The Kier molecular flexibility index (Phi) is 5.21. The Labute approximate surface area is 162 Å². The first-order chi connectivity index (χ1) is 13.1. The molecule has 2 atom stereocenters. The third-order valence-corrected chi connectivity index (χ3v) is 6.86. The van der Waals surface area contributed by atoms with Crippen LogP contribution in [-0.2, 0) is 4.79 Å². The van der Waals surface area contributed by atoms with E-state index in [1.807, 2.05) is 4.90 Å². The third-order valence-electron chi connectivity index (χ3n) is 6.86. The number of nitriles is 1. The maximum absolute atomic E-state index is 11.6. The quantitative estimate of drug-likeness (QED) is 0.840. The van der Waals surface area contributed by atoms with Gasteiger partial charge in [0, 0.05) is 57.1 Å². The number of nitrogens with zero attached hydrogens (tertiary/aromatic N) is 3. The lowest BCUT2D eigenvalue weighted by molar-refractivity contribution is -0.133. The molecule has 3 fully saturated rings. The Morgan fingerprint density at radius 1 is 1.26 bits per heavy atom. The molecule has 0 spiro atoms. The van der Waals surface area contributed by atoms with Crippen molar-refractivity contribution in [2.24, 2.45) is 5.92 Å². The van der Waals surface area contributed by atoms with Gasteiger partial charge in [-0.05, 0) is 30.7 Å². The summed E-state index contributed by atoms with van der Waals surface area (Å²) in [5, 5.41) is 13.1. The molecule has 1 N–H and O–H groups in total. The number of benzene rings is 1. The van der Waals surface area contributed by atoms with Crippen LogP contribution >= 0.6 is 0 Å². The molecular weight excluding hydrogens is 336 g/mol. The van der Waals surface area contributed by atoms with E-state index in [0.717, 1.165) is 45.6 Å². The van der Waals surface area contributed by atoms with Gasteiger partial charge in [-0.3, -0.25) is 9.69 Å². The Morgan fingerprint density at radius 3 is 2.59 bits per heavy atom. The van der Waals surface area contributed by atoms with Crippen molar-refractivity contribution in [3.8, 4) is 6.07 Å². The van der Waals surface area contributed by atoms with Crippen LogP contribution in [0.15, 0.2) is 30.3 Å². The first-order valence-corrected chi connectivity index (χ1v) is 10.3. The van der Waals surface area contributed by atoms with E-state index in [1.54, 1.807) is 6.92 Å². The minimum Gasteiger partial charge on any atom is -0.343 e. The number of carbonyl (C=O) groups excluding carboxylic acids is 1. The number of rotatable bonds is 6. The predicted octanol–water partition coefficient (Wildman–Crippen LogP) is 2.36. The van der Waals surface area contributed by atoms with Crippen LogP contribution in [0.1, 0.15) is 44.1 Å². The average molecular weight is 367 g/mol. The second kappa shape index (κ2) is 7.61. The SMILES string of the molecule is CC(=O)N1CCC(CC#N)(N2CC(CN[C@@H]3C[C@H]3c3ccccc3)C2)CC1. The van der Waals surface area contributed by atoms with Gasteiger partial charge in [-0.2, -0.15) is 5.26 Å². The fourth-order valence-corrected chi connectivity index (χ4v) is 4.88. The summed E-state index contributed by atoms with van der Waals surface area (Å²) in [6.07, 6.45) is 3.69. The van der Waals surface area contributed by atoms with Gasteiger partial charge in [0.1, 0.15) is 0 Å². The molecule has 0 aromatic heterocycles. The molecule has 144 valence electrons. The fourth-order valence-electron chi connectivity index (χ4n) is 4.88. The van der Waals surface area contributed by atoms with Crippen LogP contribution in [0.5, 0.6) is 0 Å². The minimum absolute atomic E-state index is 0.0106. The highest BCUT2D eigenvalue weighted by atomic mass is 16.2. The van der Waals surface area contributed by atoms with Crippen molar-refractivity contribution in [2.45, 2.75) is 50.1 Å². The van der Waals surface area contributed by atoms with E-state index in [0.29, 0.717) is 24.3 Å². The fraction of sp³-hybridized carbons (Fsp3) is 0.636. The van der Waals surface area contributed by atoms with Gasteiger partial charge < -0.3 is 10.2 Å². The van der Waals surface area contributed by atoms with Crippen molar-refractivity contribution in [1.29, 1.82) is 5.26 Å². The first-order valence-electron chi connectivity index (χ1n) is 10.3. The zero-order chi connectivity index (χ0) is 18.9. The molecule has 0 unspecified atom stereocenters. The summed E-state index contributed by atoms with van der Waals surface area (Å²) >= 11 is 0. The standard InChI is InChI=1S/C22H30N4O/c1-17(27)25-11-8-22(7-10-23,9-12-25)26-15-18(16-26)14-24-21-13-20(21)19-5-3-2-4-6-19/h2-6,18,20-21,24H,7-9,11-16H2,1H3/t20-,21+/m0/s1. The number of amides is 1. The summed E-state index contributed by atoms with van der Waals surface area (Å²) in [6, 6.07) is 13.8. The summed E-state index contributed by atoms with van der Waals surface area (Å²) in [5.74, 6) is 1.52. The van der Waals surface area contributed by atoms with Gasteiger partial charge in [-0.25, -0.2) is 0 Å². The highest BCUT2D eigenvalue weighted by molar-refractivity contribution is 5.73. The van der Waals surface area contributed by atoms with E-state index < -0.39 is 0 Å². The van der Waals surface area contributed by atoms with Crippen molar-refractivity contribution in [2.75, 3.05) is 32.7 Å². The van der Waals surface area contributed by atoms with E-state index in [1.165, 1.54) is 12.0 Å². The first kappa shape index (κ1) is 18.5. The lowest BCUT2D eigenvalue weighted by Gasteiger charge is -2.54. The molecular formula is C22H30N4O. The van der Waals surface area contributed by atoms with Crippen LogP contribution in [0.2, 0.25) is 0 Å². The summed E-state index contributed by atoms with van der Waals surface area (Å²) in [4.78, 5) is 16.0. The second-order valence-corrected chi connectivity index (χ2v) is 8.60.